The van der Waals surface area contributed by atoms with Crippen molar-refractivity contribution < 1.29 is 8.78 Å². The van der Waals surface area contributed by atoms with Crippen LogP contribution in [-0.4, -0.2) is 11.7 Å². The summed E-state index contributed by atoms with van der Waals surface area (Å²) in [7, 11) is 0. The molecule has 0 bridgehead atoms. The minimum absolute atomic E-state index is 0.883. The van der Waals surface area contributed by atoms with Gasteiger partial charge in [-0.2, -0.15) is 0 Å². The van der Waals surface area contributed by atoms with Gasteiger partial charge in [0.05, 0.1) is 0 Å². The van der Waals surface area contributed by atoms with Crippen LogP contribution in [0.25, 0.3) is 0 Å². The highest BCUT2D eigenvalue weighted by molar-refractivity contribution is 8.02. The highest BCUT2D eigenvalue weighted by Gasteiger charge is 2.21. The molecular weight excluding hydrogens is 118 g/mol. The van der Waals surface area contributed by atoms with Gasteiger partial charge < -0.3 is 0 Å². The molecule has 1 heterocycles. The van der Waals surface area contributed by atoms with Gasteiger partial charge in [-0.25, -0.2) is 8.78 Å². The second kappa shape index (κ2) is 1.82. The molecule has 0 radical (unpaired) electrons. The lowest BCUT2D eigenvalue weighted by Gasteiger charge is -1.95. The third-order valence-electron chi connectivity index (χ3n) is 0.721. The Kier molecular flexibility index (Phi) is 1.32. The molecule has 0 saturated carbocycles. The summed E-state index contributed by atoms with van der Waals surface area (Å²) in [5.74, 6) is 0. The van der Waals surface area contributed by atoms with Crippen molar-refractivity contribution in [3.8, 4) is 0 Å². The molecule has 0 aromatic rings. The summed E-state index contributed by atoms with van der Waals surface area (Å²) in [5.41, 5.74) is -1.35. The van der Waals surface area contributed by atoms with E-state index in [0.29, 0.717) is 0 Å². The van der Waals surface area contributed by atoms with Crippen LogP contribution in [0.2, 0.25) is 0 Å². The molecule has 2 atom stereocenters. The third kappa shape index (κ3) is 0.938. The van der Waals surface area contributed by atoms with Gasteiger partial charge in [0, 0.05) is 0 Å². The van der Waals surface area contributed by atoms with E-state index in [4.69, 9.17) is 0 Å². The second-order valence-corrected chi connectivity index (χ2v) is 2.25. The summed E-state index contributed by atoms with van der Waals surface area (Å²) < 4.78 is 23.7. The fraction of sp³-hybridized carbons (Fsp3) is 0.500. The number of hydrogen-bond acceptors (Lipinski definition) is 1. The zero-order valence-electron chi connectivity index (χ0n) is 3.47. The van der Waals surface area contributed by atoms with E-state index in [0.717, 1.165) is 11.8 Å². The van der Waals surface area contributed by atoms with Crippen LogP contribution in [0, 0.1) is 0 Å². The lowest BCUT2D eigenvalue weighted by atomic mass is 10.4. The number of thioether (sulfide) groups is 1. The summed E-state index contributed by atoms with van der Waals surface area (Å²) in [6.07, 6.45) is -0.153. The van der Waals surface area contributed by atoms with E-state index in [9.17, 15) is 8.78 Å². The van der Waals surface area contributed by atoms with Crippen LogP contribution in [0.4, 0.5) is 8.78 Å². The molecule has 7 heavy (non-hydrogen) atoms. The molecule has 0 aliphatic carbocycles. The molecule has 1 aliphatic heterocycles. The monoisotopic (exact) mass is 122 g/mol. The summed E-state index contributed by atoms with van der Waals surface area (Å²) in [4.78, 5) is 0. The fourth-order valence-electron chi connectivity index (χ4n) is 0.358. The Morgan fingerprint density at radius 3 is 2.29 bits per heavy atom. The molecule has 0 aromatic carbocycles. The first-order valence-corrected chi connectivity index (χ1v) is 2.85. The molecule has 0 nitrogen and oxygen atoms in total. The van der Waals surface area contributed by atoms with E-state index >= 15 is 0 Å². The van der Waals surface area contributed by atoms with Gasteiger partial charge in [0.2, 0.25) is 0 Å². The SMILES string of the molecule is FC1C=CSC1F. The van der Waals surface area contributed by atoms with E-state index in [1.807, 2.05) is 0 Å². The topological polar surface area (TPSA) is 0 Å². The van der Waals surface area contributed by atoms with Gasteiger partial charge >= 0.3 is 0 Å². The first-order valence-electron chi connectivity index (χ1n) is 1.91. The fourth-order valence-corrected chi connectivity index (χ4v) is 0.990. The summed E-state index contributed by atoms with van der Waals surface area (Å²) in [6.45, 7) is 0. The van der Waals surface area contributed by atoms with E-state index < -0.39 is 11.7 Å². The van der Waals surface area contributed by atoms with Crippen molar-refractivity contribution in [1.82, 2.24) is 0 Å². The predicted molar refractivity (Wildman–Crippen MR) is 26.5 cm³/mol. The zero-order valence-corrected chi connectivity index (χ0v) is 4.29. The molecule has 0 fully saturated rings. The van der Waals surface area contributed by atoms with E-state index in [1.165, 1.54) is 11.5 Å². The maximum absolute atomic E-state index is 11.8. The number of alkyl halides is 2. The Morgan fingerprint density at radius 2 is 2.14 bits per heavy atom. The van der Waals surface area contributed by atoms with Gasteiger partial charge in [-0.15, -0.1) is 0 Å². The van der Waals surface area contributed by atoms with Gasteiger partial charge in [0.1, 0.15) is 0 Å². The summed E-state index contributed by atoms with van der Waals surface area (Å²) >= 11 is 0.883. The molecule has 40 valence electrons. The minimum Gasteiger partial charge on any atom is -0.239 e. The zero-order chi connectivity index (χ0) is 5.28. The third-order valence-corrected chi connectivity index (χ3v) is 1.56. The van der Waals surface area contributed by atoms with Crippen molar-refractivity contribution in [2.45, 2.75) is 11.7 Å². The van der Waals surface area contributed by atoms with Crippen LogP contribution in [0.15, 0.2) is 11.5 Å². The standard InChI is InChI=1S/C4H4F2S/c5-3-1-2-7-4(3)6/h1-4H. The van der Waals surface area contributed by atoms with Gasteiger partial charge in [-0.05, 0) is 11.5 Å². The Bertz CT molecular complexity index is 91.7. The Morgan fingerprint density at radius 1 is 1.43 bits per heavy atom. The minimum atomic E-state index is -1.37. The normalized spacial score (nSPS) is 39.7. The Balaban J connectivity index is 2.45. The number of hydrogen-bond donors (Lipinski definition) is 0. The van der Waals surface area contributed by atoms with Crippen molar-refractivity contribution in [2.75, 3.05) is 0 Å². The molecule has 1 aliphatic rings. The van der Waals surface area contributed by atoms with Gasteiger partial charge in [-0.1, -0.05) is 11.8 Å². The molecule has 0 spiro atoms. The molecule has 3 heteroatoms. The molecule has 0 saturated heterocycles. The first kappa shape index (κ1) is 5.09. The predicted octanol–water partition coefficient (Wildman–Crippen LogP) is 1.88. The maximum Gasteiger partial charge on any atom is 0.184 e. The number of halogens is 2. The van der Waals surface area contributed by atoms with E-state index in [1.54, 1.807) is 0 Å². The molecule has 0 N–H and O–H groups in total. The first-order chi connectivity index (χ1) is 3.30. The van der Waals surface area contributed by atoms with Gasteiger partial charge in [-0.3, -0.25) is 0 Å². The van der Waals surface area contributed by atoms with Crippen molar-refractivity contribution in [3.05, 3.63) is 11.5 Å². The summed E-state index contributed by atoms with van der Waals surface area (Å²) in [5, 5.41) is 1.44. The van der Waals surface area contributed by atoms with Crippen LogP contribution in [-0.2, 0) is 0 Å². The number of rotatable bonds is 0. The Labute approximate surface area is 44.6 Å². The van der Waals surface area contributed by atoms with Crippen molar-refractivity contribution in [2.24, 2.45) is 0 Å². The highest BCUT2D eigenvalue weighted by atomic mass is 32.2. The van der Waals surface area contributed by atoms with Crippen LogP contribution in [0.1, 0.15) is 0 Å². The van der Waals surface area contributed by atoms with Gasteiger partial charge in [0.25, 0.3) is 0 Å². The second-order valence-electron chi connectivity index (χ2n) is 1.26. The number of allylic oxidation sites excluding steroid dienone is 1. The van der Waals surface area contributed by atoms with Crippen molar-refractivity contribution >= 4 is 11.8 Å². The van der Waals surface area contributed by atoms with Crippen LogP contribution in [0.3, 0.4) is 0 Å². The molecule has 2 unspecified atom stereocenters. The quantitative estimate of drug-likeness (QED) is 0.472. The average Bonchev–Trinajstić information content (AvgIpc) is 1.91. The molecule has 0 aromatic heterocycles. The van der Waals surface area contributed by atoms with Gasteiger partial charge in [0.15, 0.2) is 11.7 Å². The van der Waals surface area contributed by atoms with Crippen molar-refractivity contribution in [3.63, 3.8) is 0 Å². The van der Waals surface area contributed by atoms with Crippen LogP contribution < -0.4 is 0 Å². The summed E-state index contributed by atoms with van der Waals surface area (Å²) in [6, 6.07) is 0. The van der Waals surface area contributed by atoms with Crippen LogP contribution in [0.5, 0.6) is 0 Å². The Hall–Kier alpha value is -0.0500. The highest BCUT2D eigenvalue weighted by Crippen LogP contribution is 2.27. The smallest absolute Gasteiger partial charge is 0.184 e. The largest absolute Gasteiger partial charge is 0.239 e. The van der Waals surface area contributed by atoms with Crippen LogP contribution >= 0.6 is 11.8 Å². The molecule has 1 rings (SSSR count). The molecular formula is C4H4F2S. The van der Waals surface area contributed by atoms with E-state index in [-0.39, 0.29) is 0 Å². The lowest BCUT2D eigenvalue weighted by Crippen LogP contribution is -2.03. The average molecular weight is 122 g/mol. The van der Waals surface area contributed by atoms with Crippen molar-refractivity contribution in [1.29, 1.82) is 0 Å². The maximum atomic E-state index is 11.8. The van der Waals surface area contributed by atoms with E-state index in [2.05, 4.69) is 0 Å². The lowest BCUT2D eigenvalue weighted by molar-refractivity contribution is 0.286. The molecule has 0 amide bonds.